The number of hydrogen-bond donors (Lipinski definition) is 3. The van der Waals surface area contributed by atoms with Crippen LogP contribution in [0.4, 0.5) is 10.5 Å². The zero-order valence-electron chi connectivity index (χ0n) is 17.5. The fourth-order valence-electron chi connectivity index (χ4n) is 3.35. The highest BCUT2D eigenvalue weighted by Gasteiger charge is 2.15. The Kier molecular flexibility index (Phi) is 7.62. The molecular weight excluding hydrogens is 451 g/mol. The molecule has 6 nitrogen and oxygen atoms in total. The van der Waals surface area contributed by atoms with Crippen molar-refractivity contribution in [1.82, 2.24) is 5.32 Å². The Labute approximate surface area is 196 Å². The summed E-state index contributed by atoms with van der Waals surface area (Å²) in [6.07, 6.45) is -0.0403. The molecule has 0 heterocycles. The number of urea groups is 1. The second-order valence-corrected chi connectivity index (χ2v) is 7.97. The van der Waals surface area contributed by atoms with Gasteiger partial charge in [-0.2, -0.15) is 0 Å². The zero-order valence-corrected chi connectivity index (χ0v) is 19.1. The molecule has 0 aromatic heterocycles. The topological polar surface area (TPSA) is 87.7 Å². The summed E-state index contributed by atoms with van der Waals surface area (Å²) in [6.45, 7) is 2.15. The molecule has 3 N–H and O–H groups in total. The van der Waals surface area contributed by atoms with Crippen molar-refractivity contribution >= 4 is 40.9 Å². The third-order valence-electron chi connectivity index (χ3n) is 4.88. The summed E-state index contributed by atoms with van der Waals surface area (Å²) in [6, 6.07) is 15.6. The summed E-state index contributed by atoms with van der Waals surface area (Å²) >= 11 is 12.9. The van der Waals surface area contributed by atoms with Gasteiger partial charge in [0.2, 0.25) is 0 Å². The second-order valence-electron chi connectivity index (χ2n) is 7.15. The molecule has 3 rings (SSSR count). The number of amides is 2. The van der Waals surface area contributed by atoms with Crippen LogP contribution < -0.4 is 15.4 Å². The molecule has 0 bridgehead atoms. The molecule has 2 amide bonds. The summed E-state index contributed by atoms with van der Waals surface area (Å²) in [5.41, 5.74) is 4.32. The summed E-state index contributed by atoms with van der Waals surface area (Å²) in [4.78, 5) is 23.2. The lowest BCUT2D eigenvalue weighted by Crippen LogP contribution is -2.28. The lowest BCUT2D eigenvalue weighted by molar-refractivity contribution is -0.136. The van der Waals surface area contributed by atoms with Gasteiger partial charge in [0.25, 0.3) is 0 Å². The van der Waals surface area contributed by atoms with E-state index in [-0.39, 0.29) is 13.0 Å². The average molecular weight is 473 g/mol. The number of ether oxygens (including phenoxy) is 1. The van der Waals surface area contributed by atoms with Gasteiger partial charge in [0.1, 0.15) is 5.75 Å². The molecule has 0 aliphatic carbocycles. The number of hydrogen-bond acceptors (Lipinski definition) is 3. The van der Waals surface area contributed by atoms with Crippen molar-refractivity contribution < 1.29 is 19.4 Å². The van der Waals surface area contributed by atoms with Gasteiger partial charge < -0.3 is 20.5 Å². The van der Waals surface area contributed by atoms with Gasteiger partial charge >= 0.3 is 12.0 Å². The number of halogens is 2. The maximum Gasteiger partial charge on any atom is 0.319 e. The minimum absolute atomic E-state index is 0.0403. The van der Waals surface area contributed by atoms with Crippen molar-refractivity contribution in [2.24, 2.45) is 0 Å². The van der Waals surface area contributed by atoms with Gasteiger partial charge in [0, 0.05) is 23.4 Å². The fraction of sp³-hybridized carbons (Fsp3) is 0.167. The predicted molar refractivity (Wildman–Crippen MR) is 127 cm³/mol. The zero-order chi connectivity index (χ0) is 23.3. The molecule has 0 aliphatic heterocycles. The van der Waals surface area contributed by atoms with Crippen molar-refractivity contribution in [3.8, 4) is 16.9 Å². The van der Waals surface area contributed by atoms with Crippen molar-refractivity contribution in [2.75, 3.05) is 12.4 Å². The molecule has 0 spiro atoms. The van der Waals surface area contributed by atoms with E-state index in [1.807, 2.05) is 37.3 Å². The molecule has 0 atom stereocenters. The summed E-state index contributed by atoms with van der Waals surface area (Å²) < 4.78 is 5.39. The Morgan fingerprint density at radius 3 is 2.34 bits per heavy atom. The lowest BCUT2D eigenvalue weighted by Gasteiger charge is -2.14. The maximum absolute atomic E-state index is 12.4. The third-order valence-corrected chi connectivity index (χ3v) is 5.47. The van der Waals surface area contributed by atoms with Crippen molar-refractivity contribution in [1.29, 1.82) is 0 Å². The molecule has 32 heavy (non-hydrogen) atoms. The van der Waals surface area contributed by atoms with Crippen LogP contribution in [0, 0.1) is 6.92 Å². The van der Waals surface area contributed by atoms with E-state index in [0.717, 1.165) is 16.7 Å². The number of carbonyl (C=O) groups is 2. The van der Waals surface area contributed by atoms with Crippen LogP contribution in [0.3, 0.4) is 0 Å². The number of benzene rings is 3. The van der Waals surface area contributed by atoms with E-state index in [1.54, 1.807) is 31.4 Å². The summed E-state index contributed by atoms with van der Waals surface area (Å²) in [5.74, 6) is -0.247. The number of para-hydroxylation sites is 1. The first kappa shape index (κ1) is 23.4. The minimum atomic E-state index is -0.885. The number of methoxy groups -OCH3 is 1. The molecule has 0 aliphatic rings. The Morgan fingerprint density at radius 1 is 1.03 bits per heavy atom. The lowest BCUT2D eigenvalue weighted by atomic mass is 10.0. The highest BCUT2D eigenvalue weighted by atomic mass is 35.5. The van der Waals surface area contributed by atoms with Gasteiger partial charge in [-0.3, -0.25) is 4.79 Å². The monoisotopic (exact) mass is 472 g/mol. The van der Waals surface area contributed by atoms with Crippen molar-refractivity contribution in [2.45, 2.75) is 19.9 Å². The van der Waals surface area contributed by atoms with Crippen LogP contribution in [0.15, 0.2) is 54.6 Å². The molecule has 0 unspecified atom stereocenters. The molecule has 3 aromatic rings. The van der Waals surface area contributed by atoms with Crippen molar-refractivity contribution in [3.63, 3.8) is 0 Å². The molecule has 0 fully saturated rings. The first-order valence-electron chi connectivity index (χ1n) is 9.76. The number of aliphatic carboxylic acids is 1. The standard InChI is InChI=1S/C24H22Cl2N2O4/c1-14-9-15(10-22(29)30)7-8-16(14)13-27-24(31)28-17-11-19(25)23(20(26)12-17)18-5-3-4-6-21(18)32-2/h3-9,11-12H,10,13H2,1-2H3,(H,29,30)(H2,27,28,31). The predicted octanol–water partition coefficient (Wildman–Crippen LogP) is 5.93. The van der Waals surface area contributed by atoms with Gasteiger partial charge in [-0.15, -0.1) is 0 Å². The van der Waals surface area contributed by atoms with Gasteiger partial charge in [0.05, 0.1) is 23.6 Å². The summed E-state index contributed by atoms with van der Waals surface area (Å²) in [5, 5.41) is 15.2. The van der Waals surface area contributed by atoms with Crippen LogP contribution in [-0.2, 0) is 17.8 Å². The van der Waals surface area contributed by atoms with Crippen LogP contribution in [0.2, 0.25) is 10.0 Å². The fourth-order valence-corrected chi connectivity index (χ4v) is 4.04. The number of carbonyl (C=O) groups excluding carboxylic acids is 1. The molecule has 3 aromatic carbocycles. The van der Waals surface area contributed by atoms with Gasteiger partial charge in [-0.25, -0.2) is 4.79 Å². The van der Waals surface area contributed by atoms with E-state index in [1.165, 1.54) is 0 Å². The summed E-state index contributed by atoms with van der Waals surface area (Å²) in [7, 11) is 1.57. The molecule has 0 saturated carbocycles. The van der Waals surface area contributed by atoms with E-state index >= 15 is 0 Å². The maximum atomic E-state index is 12.4. The Hall–Kier alpha value is -3.22. The number of carboxylic acids is 1. The highest BCUT2D eigenvalue weighted by Crippen LogP contribution is 2.41. The molecule has 0 saturated heterocycles. The molecule has 8 heteroatoms. The van der Waals surface area contributed by atoms with Gasteiger partial charge in [-0.05, 0) is 41.8 Å². The molecular formula is C24H22Cl2N2O4. The van der Waals surface area contributed by atoms with E-state index in [9.17, 15) is 9.59 Å². The Balaban J connectivity index is 1.69. The van der Waals surface area contributed by atoms with E-state index < -0.39 is 12.0 Å². The van der Waals surface area contributed by atoms with Crippen LogP contribution >= 0.6 is 23.2 Å². The SMILES string of the molecule is COc1ccccc1-c1c(Cl)cc(NC(=O)NCc2ccc(CC(=O)O)cc2C)cc1Cl. The average Bonchev–Trinajstić information content (AvgIpc) is 2.72. The first-order valence-corrected chi connectivity index (χ1v) is 10.5. The Bertz CT molecular complexity index is 1140. The number of rotatable bonds is 7. The Morgan fingerprint density at radius 2 is 1.72 bits per heavy atom. The van der Waals surface area contributed by atoms with Gasteiger partial charge in [-0.1, -0.05) is 59.6 Å². The van der Waals surface area contributed by atoms with Crippen LogP contribution in [0.25, 0.3) is 11.1 Å². The largest absolute Gasteiger partial charge is 0.496 e. The quantitative estimate of drug-likeness (QED) is 0.397. The number of nitrogens with one attached hydrogen (secondary N) is 2. The number of carboxylic acid groups (broad SMARTS) is 1. The van der Waals surface area contributed by atoms with E-state index in [4.69, 9.17) is 33.0 Å². The molecule has 0 radical (unpaired) electrons. The van der Waals surface area contributed by atoms with Crippen LogP contribution in [0.1, 0.15) is 16.7 Å². The van der Waals surface area contributed by atoms with Crippen LogP contribution in [-0.4, -0.2) is 24.2 Å². The number of aryl methyl sites for hydroxylation is 1. The highest BCUT2D eigenvalue weighted by molar-refractivity contribution is 6.40. The number of anilines is 1. The van der Waals surface area contributed by atoms with E-state index in [0.29, 0.717) is 32.6 Å². The first-order chi connectivity index (χ1) is 15.3. The van der Waals surface area contributed by atoms with Crippen molar-refractivity contribution in [3.05, 3.63) is 81.3 Å². The molecule has 166 valence electrons. The third kappa shape index (κ3) is 5.72. The second kappa shape index (κ2) is 10.4. The van der Waals surface area contributed by atoms with Crippen LogP contribution in [0.5, 0.6) is 5.75 Å². The minimum Gasteiger partial charge on any atom is -0.496 e. The van der Waals surface area contributed by atoms with E-state index in [2.05, 4.69) is 10.6 Å². The normalized spacial score (nSPS) is 10.5. The van der Waals surface area contributed by atoms with Gasteiger partial charge in [0.15, 0.2) is 0 Å². The smallest absolute Gasteiger partial charge is 0.319 e.